The summed E-state index contributed by atoms with van der Waals surface area (Å²) >= 11 is 0.751. The number of rotatable bonds is 8. The van der Waals surface area contributed by atoms with Crippen LogP contribution in [-0.4, -0.2) is 47.9 Å². The molecule has 0 fully saturated rings. The zero-order valence-corrected chi connectivity index (χ0v) is 19.8. The number of hydrogen-bond acceptors (Lipinski definition) is 8. The predicted molar refractivity (Wildman–Crippen MR) is 123 cm³/mol. The number of nitrogens with one attached hydrogen (secondary N) is 1. The van der Waals surface area contributed by atoms with Gasteiger partial charge in [-0.3, -0.25) is 19.3 Å². The van der Waals surface area contributed by atoms with Crippen molar-refractivity contribution in [3.63, 3.8) is 0 Å². The van der Waals surface area contributed by atoms with Gasteiger partial charge in [0.05, 0.1) is 19.9 Å². The first-order valence-corrected chi connectivity index (χ1v) is 10.6. The number of anilines is 2. The van der Waals surface area contributed by atoms with Gasteiger partial charge in [0.25, 0.3) is 11.8 Å². The van der Waals surface area contributed by atoms with Gasteiger partial charge in [-0.05, 0) is 50.9 Å². The number of nitrogens with zero attached hydrogens (tertiary/aromatic N) is 2. The van der Waals surface area contributed by atoms with Crippen LogP contribution in [0.2, 0.25) is 0 Å². The molecule has 0 unspecified atom stereocenters. The van der Waals surface area contributed by atoms with Gasteiger partial charge in [-0.1, -0.05) is 6.92 Å². The Morgan fingerprint density at radius 3 is 2.28 bits per heavy atom. The summed E-state index contributed by atoms with van der Waals surface area (Å²) in [5.41, 5.74) is 10.9. The van der Waals surface area contributed by atoms with Gasteiger partial charge in [-0.15, -0.1) is 0 Å². The number of nitrogens with two attached hydrogens (primary N) is 2. The molecule has 5 N–H and O–H groups in total. The SMILES string of the molecule is CC[C@@H](C(=O)NC(C)(C)C)N(C(=O)c1snc(C(N)=O)c1N)c1ccc(OC)c(OC)c1. The van der Waals surface area contributed by atoms with E-state index in [-0.39, 0.29) is 22.2 Å². The maximum absolute atomic E-state index is 13.6. The van der Waals surface area contributed by atoms with Gasteiger partial charge in [0.2, 0.25) is 5.91 Å². The number of carbonyl (C=O) groups is 3. The molecule has 0 aliphatic carbocycles. The third-order valence-electron chi connectivity index (χ3n) is 4.52. The molecule has 0 saturated carbocycles. The summed E-state index contributed by atoms with van der Waals surface area (Å²) in [4.78, 5) is 39.7. The van der Waals surface area contributed by atoms with Gasteiger partial charge in [0.15, 0.2) is 17.2 Å². The number of benzene rings is 1. The molecule has 1 aromatic carbocycles. The van der Waals surface area contributed by atoms with Crippen LogP contribution in [-0.2, 0) is 4.79 Å². The molecule has 2 rings (SSSR count). The summed E-state index contributed by atoms with van der Waals surface area (Å²) in [5.74, 6) is -0.932. The molecule has 2 aromatic rings. The van der Waals surface area contributed by atoms with E-state index >= 15 is 0 Å². The van der Waals surface area contributed by atoms with E-state index in [1.165, 1.54) is 19.1 Å². The van der Waals surface area contributed by atoms with E-state index < -0.39 is 23.4 Å². The van der Waals surface area contributed by atoms with Crippen LogP contribution in [0.25, 0.3) is 0 Å². The van der Waals surface area contributed by atoms with Crippen molar-refractivity contribution in [1.82, 2.24) is 9.69 Å². The second-order valence-electron chi connectivity index (χ2n) is 8.02. The molecule has 174 valence electrons. The van der Waals surface area contributed by atoms with E-state index in [4.69, 9.17) is 20.9 Å². The minimum atomic E-state index is -0.877. The third kappa shape index (κ3) is 5.28. The van der Waals surface area contributed by atoms with E-state index in [0.29, 0.717) is 23.6 Å². The second kappa shape index (κ2) is 9.86. The molecule has 11 heteroatoms. The summed E-state index contributed by atoms with van der Waals surface area (Å²) in [6.07, 6.45) is 0.309. The van der Waals surface area contributed by atoms with E-state index in [0.717, 1.165) is 11.5 Å². The standard InChI is InChI=1S/C21H29N5O5S/c1-7-12(19(28)24-21(2,3)4)26(11-8-9-13(30-5)14(10-11)31-6)20(29)17-15(22)16(18(23)27)25-32-17/h8-10,12H,7,22H2,1-6H3,(H2,23,27)(H,24,28)/t12-/m0/s1. The molecule has 0 aliphatic heterocycles. The number of ether oxygens (including phenoxy) is 2. The third-order valence-corrected chi connectivity index (χ3v) is 5.37. The summed E-state index contributed by atoms with van der Waals surface area (Å²) in [6, 6.07) is 3.99. The van der Waals surface area contributed by atoms with Crippen molar-refractivity contribution in [3.05, 3.63) is 28.8 Å². The molecule has 0 radical (unpaired) electrons. The molecule has 3 amide bonds. The van der Waals surface area contributed by atoms with Crippen LogP contribution in [0, 0.1) is 0 Å². The largest absolute Gasteiger partial charge is 0.493 e. The van der Waals surface area contributed by atoms with Crippen molar-refractivity contribution >= 4 is 40.6 Å². The Hall–Kier alpha value is -3.34. The summed E-state index contributed by atoms with van der Waals surface area (Å²) in [6.45, 7) is 7.33. The van der Waals surface area contributed by atoms with Crippen molar-refractivity contribution in [2.45, 2.75) is 45.7 Å². The Kier molecular flexibility index (Phi) is 7.68. The number of amides is 3. The number of primary amides is 1. The van der Waals surface area contributed by atoms with Crippen LogP contribution >= 0.6 is 11.5 Å². The Bertz CT molecular complexity index is 1010. The monoisotopic (exact) mass is 463 g/mol. The van der Waals surface area contributed by atoms with Gasteiger partial charge < -0.3 is 26.3 Å². The van der Waals surface area contributed by atoms with Gasteiger partial charge in [-0.2, -0.15) is 4.37 Å². The van der Waals surface area contributed by atoms with Gasteiger partial charge >= 0.3 is 0 Å². The van der Waals surface area contributed by atoms with Crippen molar-refractivity contribution in [2.75, 3.05) is 24.9 Å². The fourth-order valence-electron chi connectivity index (χ4n) is 3.09. The lowest BCUT2D eigenvalue weighted by atomic mass is 10.1. The highest BCUT2D eigenvalue weighted by atomic mass is 32.1. The Morgan fingerprint density at radius 1 is 1.19 bits per heavy atom. The fraction of sp³-hybridized carbons (Fsp3) is 0.429. The number of carbonyl (C=O) groups excluding carboxylic acids is 3. The van der Waals surface area contributed by atoms with Crippen molar-refractivity contribution in [1.29, 1.82) is 0 Å². The smallest absolute Gasteiger partial charge is 0.272 e. The normalized spacial score (nSPS) is 12.1. The topological polar surface area (TPSA) is 150 Å². The van der Waals surface area contributed by atoms with E-state index in [9.17, 15) is 14.4 Å². The van der Waals surface area contributed by atoms with Crippen LogP contribution < -0.4 is 31.2 Å². The predicted octanol–water partition coefficient (Wildman–Crippen LogP) is 2.18. The average molecular weight is 464 g/mol. The molecule has 1 aromatic heterocycles. The molecular formula is C21H29N5O5S. The van der Waals surface area contributed by atoms with E-state index in [1.54, 1.807) is 25.1 Å². The number of nitrogen functional groups attached to an aromatic ring is 1. The summed E-state index contributed by atoms with van der Waals surface area (Å²) in [5, 5.41) is 2.91. The highest BCUT2D eigenvalue weighted by molar-refractivity contribution is 7.09. The first kappa shape index (κ1) is 24.9. The first-order valence-electron chi connectivity index (χ1n) is 9.87. The molecule has 0 aliphatic rings. The zero-order chi connectivity index (χ0) is 24.2. The minimum Gasteiger partial charge on any atom is -0.493 e. The van der Waals surface area contributed by atoms with Gasteiger partial charge in [0.1, 0.15) is 10.9 Å². The molecular weight excluding hydrogens is 434 g/mol. The minimum absolute atomic E-state index is 0.00981. The summed E-state index contributed by atoms with van der Waals surface area (Å²) in [7, 11) is 2.97. The quantitative estimate of drug-likeness (QED) is 0.543. The maximum Gasteiger partial charge on any atom is 0.272 e. The van der Waals surface area contributed by atoms with Crippen molar-refractivity contribution < 1.29 is 23.9 Å². The zero-order valence-electron chi connectivity index (χ0n) is 19.0. The lowest BCUT2D eigenvalue weighted by Gasteiger charge is -2.33. The van der Waals surface area contributed by atoms with E-state index in [1.807, 2.05) is 20.8 Å². The lowest BCUT2D eigenvalue weighted by Crippen LogP contribution is -2.54. The average Bonchev–Trinajstić information content (AvgIpc) is 3.11. The summed E-state index contributed by atoms with van der Waals surface area (Å²) < 4.78 is 14.6. The molecule has 0 spiro atoms. The van der Waals surface area contributed by atoms with Gasteiger partial charge in [-0.25, -0.2) is 0 Å². The van der Waals surface area contributed by atoms with Crippen LogP contribution in [0.3, 0.4) is 0 Å². The van der Waals surface area contributed by atoms with Crippen LogP contribution in [0.15, 0.2) is 18.2 Å². The molecule has 1 heterocycles. The Morgan fingerprint density at radius 2 is 1.81 bits per heavy atom. The Labute approximate surface area is 191 Å². The highest BCUT2D eigenvalue weighted by Gasteiger charge is 2.35. The molecule has 0 bridgehead atoms. The van der Waals surface area contributed by atoms with E-state index in [2.05, 4.69) is 9.69 Å². The highest BCUT2D eigenvalue weighted by Crippen LogP contribution is 2.35. The first-order chi connectivity index (χ1) is 14.9. The fourth-order valence-corrected chi connectivity index (χ4v) is 3.83. The maximum atomic E-state index is 13.6. The van der Waals surface area contributed by atoms with Crippen molar-refractivity contribution in [3.8, 4) is 11.5 Å². The number of aromatic nitrogens is 1. The van der Waals surface area contributed by atoms with Crippen LogP contribution in [0.5, 0.6) is 11.5 Å². The second-order valence-corrected chi connectivity index (χ2v) is 8.79. The lowest BCUT2D eigenvalue weighted by molar-refractivity contribution is -0.123. The Balaban J connectivity index is 2.65. The van der Waals surface area contributed by atoms with Crippen LogP contribution in [0.1, 0.15) is 54.3 Å². The molecule has 0 saturated heterocycles. The van der Waals surface area contributed by atoms with Crippen molar-refractivity contribution in [2.24, 2.45) is 5.73 Å². The molecule has 32 heavy (non-hydrogen) atoms. The number of hydrogen-bond donors (Lipinski definition) is 3. The van der Waals surface area contributed by atoms with Crippen LogP contribution in [0.4, 0.5) is 11.4 Å². The van der Waals surface area contributed by atoms with Gasteiger partial charge in [0, 0.05) is 17.3 Å². The molecule has 10 nitrogen and oxygen atoms in total. The number of methoxy groups -OCH3 is 2. The molecule has 1 atom stereocenters.